The van der Waals surface area contributed by atoms with Gasteiger partial charge in [0.25, 0.3) is 0 Å². The number of rotatable bonds is 6. The standard InChI is InChI=1S/C22H25N5O2S/c1-16-4-2-5-17(12-16)20(27-8-10-29-11-9-27)14-24-21(28)26-22-25-19(15-30-22)18-6-3-7-23-13-18/h2-7,12-13,15,20H,8-11,14H2,1H3,(H2,24,25,26,28). The summed E-state index contributed by atoms with van der Waals surface area (Å²) in [4.78, 5) is 23.5. The fourth-order valence-electron chi connectivity index (χ4n) is 3.53. The van der Waals surface area contributed by atoms with E-state index in [1.165, 1.54) is 22.5 Å². The Balaban J connectivity index is 1.39. The normalized spacial score (nSPS) is 15.5. The Hall–Kier alpha value is -2.81. The van der Waals surface area contributed by atoms with Crippen LogP contribution in [0.2, 0.25) is 0 Å². The number of aromatic nitrogens is 2. The van der Waals surface area contributed by atoms with E-state index in [0.29, 0.717) is 24.9 Å². The smallest absolute Gasteiger partial charge is 0.321 e. The summed E-state index contributed by atoms with van der Waals surface area (Å²) in [5.74, 6) is 0. The minimum atomic E-state index is -0.256. The first-order chi connectivity index (χ1) is 14.7. The molecule has 1 fully saturated rings. The Morgan fingerprint density at radius 2 is 2.13 bits per heavy atom. The fraction of sp³-hybridized carbons (Fsp3) is 0.318. The highest BCUT2D eigenvalue weighted by Gasteiger charge is 2.23. The third-order valence-corrected chi connectivity index (χ3v) is 5.81. The van der Waals surface area contributed by atoms with Gasteiger partial charge < -0.3 is 10.1 Å². The summed E-state index contributed by atoms with van der Waals surface area (Å²) in [6.07, 6.45) is 3.48. The number of nitrogens with one attached hydrogen (secondary N) is 2. The van der Waals surface area contributed by atoms with Crippen molar-refractivity contribution in [2.45, 2.75) is 13.0 Å². The molecule has 8 heteroatoms. The van der Waals surface area contributed by atoms with Gasteiger partial charge in [-0.1, -0.05) is 29.8 Å². The van der Waals surface area contributed by atoms with E-state index in [1.807, 2.05) is 17.5 Å². The maximum atomic E-state index is 12.5. The number of nitrogens with zero attached hydrogens (tertiary/aromatic N) is 3. The van der Waals surface area contributed by atoms with Crippen LogP contribution in [-0.2, 0) is 4.74 Å². The van der Waals surface area contributed by atoms with E-state index >= 15 is 0 Å². The first-order valence-corrected chi connectivity index (χ1v) is 10.9. The summed E-state index contributed by atoms with van der Waals surface area (Å²) in [6, 6.07) is 12.1. The SMILES string of the molecule is Cc1cccc(C(CNC(=O)Nc2nc(-c3cccnc3)cs2)N2CCOCC2)c1. The molecule has 1 aromatic carbocycles. The van der Waals surface area contributed by atoms with E-state index in [4.69, 9.17) is 4.74 Å². The molecule has 1 atom stereocenters. The second-order valence-electron chi connectivity index (χ2n) is 7.19. The molecule has 0 radical (unpaired) electrons. The van der Waals surface area contributed by atoms with Gasteiger partial charge >= 0.3 is 6.03 Å². The summed E-state index contributed by atoms with van der Waals surface area (Å²) in [5, 5.41) is 8.34. The van der Waals surface area contributed by atoms with Crippen LogP contribution < -0.4 is 10.6 Å². The quantitative estimate of drug-likeness (QED) is 0.632. The zero-order valence-electron chi connectivity index (χ0n) is 16.9. The number of urea groups is 1. The number of ether oxygens (including phenoxy) is 1. The number of aryl methyl sites for hydroxylation is 1. The van der Waals surface area contributed by atoms with Gasteiger partial charge in [-0.3, -0.25) is 15.2 Å². The van der Waals surface area contributed by atoms with Gasteiger partial charge in [-0.25, -0.2) is 9.78 Å². The average Bonchev–Trinajstić information content (AvgIpc) is 3.24. The zero-order chi connectivity index (χ0) is 20.8. The van der Waals surface area contributed by atoms with E-state index < -0.39 is 0 Å². The Kier molecular flexibility index (Phi) is 6.68. The highest BCUT2D eigenvalue weighted by molar-refractivity contribution is 7.14. The molecule has 1 aliphatic rings. The van der Waals surface area contributed by atoms with E-state index in [9.17, 15) is 4.79 Å². The second-order valence-corrected chi connectivity index (χ2v) is 8.05. The number of amides is 2. The van der Waals surface area contributed by atoms with Crippen molar-refractivity contribution in [3.05, 3.63) is 65.3 Å². The minimum Gasteiger partial charge on any atom is -0.379 e. The number of benzene rings is 1. The number of pyridine rings is 1. The van der Waals surface area contributed by atoms with Crippen molar-refractivity contribution >= 4 is 22.5 Å². The largest absolute Gasteiger partial charge is 0.379 e. The van der Waals surface area contributed by atoms with Crippen LogP contribution in [-0.4, -0.2) is 53.7 Å². The van der Waals surface area contributed by atoms with Crippen molar-refractivity contribution in [2.24, 2.45) is 0 Å². The molecule has 1 saturated heterocycles. The number of anilines is 1. The molecule has 2 amide bonds. The Bertz CT molecular complexity index is 972. The van der Waals surface area contributed by atoms with Gasteiger partial charge in [0.1, 0.15) is 0 Å². The second kappa shape index (κ2) is 9.80. The molecule has 156 valence electrons. The van der Waals surface area contributed by atoms with E-state index in [0.717, 1.165) is 24.3 Å². The summed E-state index contributed by atoms with van der Waals surface area (Å²) in [7, 11) is 0. The molecule has 1 unspecified atom stereocenters. The van der Waals surface area contributed by atoms with Crippen molar-refractivity contribution in [1.29, 1.82) is 0 Å². The van der Waals surface area contributed by atoms with Crippen molar-refractivity contribution in [3.63, 3.8) is 0 Å². The van der Waals surface area contributed by atoms with Crippen LogP contribution in [0.4, 0.5) is 9.93 Å². The van der Waals surface area contributed by atoms with Gasteiger partial charge in [0.05, 0.1) is 24.9 Å². The van der Waals surface area contributed by atoms with E-state index in [1.54, 1.807) is 12.4 Å². The molecule has 4 rings (SSSR count). The lowest BCUT2D eigenvalue weighted by atomic mass is 10.0. The van der Waals surface area contributed by atoms with Gasteiger partial charge in [-0.15, -0.1) is 11.3 Å². The Morgan fingerprint density at radius 1 is 1.27 bits per heavy atom. The minimum absolute atomic E-state index is 0.0989. The van der Waals surface area contributed by atoms with Crippen molar-refractivity contribution < 1.29 is 9.53 Å². The van der Waals surface area contributed by atoms with Crippen molar-refractivity contribution in [3.8, 4) is 11.3 Å². The third kappa shape index (κ3) is 5.21. The lowest BCUT2D eigenvalue weighted by Crippen LogP contribution is -2.44. The highest BCUT2D eigenvalue weighted by Crippen LogP contribution is 2.25. The number of carbonyl (C=O) groups is 1. The maximum absolute atomic E-state index is 12.5. The van der Waals surface area contributed by atoms with E-state index in [-0.39, 0.29) is 12.1 Å². The Labute approximate surface area is 180 Å². The molecule has 1 aliphatic heterocycles. The van der Waals surface area contributed by atoms with Crippen LogP contribution in [0.25, 0.3) is 11.3 Å². The highest BCUT2D eigenvalue weighted by atomic mass is 32.1. The number of thiazole rings is 1. The zero-order valence-corrected chi connectivity index (χ0v) is 17.7. The molecule has 30 heavy (non-hydrogen) atoms. The molecular formula is C22H25N5O2S. The van der Waals surface area contributed by atoms with Gasteiger partial charge in [0, 0.05) is 43.0 Å². The lowest BCUT2D eigenvalue weighted by Gasteiger charge is -2.35. The van der Waals surface area contributed by atoms with Gasteiger partial charge in [0.2, 0.25) is 0 Å². The van der Waals surface area contributed by atoms with E-state index in [2.05, 4.69) is 56.7 Å². The summed E-state index contributed by atoms with van der Waals surface area (Å²) in [6.45, 7) is 5.72. The van der Waals surface area contributed by atoms with Crippen LogP contribution >= 0.6 is 11.3 Å². The molecule has 2 N–H and O–H groups in total. The van der Waals surface area contributed by atoms with Crippen LogP contribution in [0.15, 0.2) is 54.2 Å². The number of hydrogen-bond donors (Lipinski definition) is 2. The van der Waals surface area contributed by atoms with Gasteiger partial charge in [0.15, 0.2) is 5.13 Å². The van der Waals surface area contributed by atoms with Crippen LogP contribution in [0.5, 0.6) is 0 Å². The molecule has 2 aromatic heterocycles. The molecule has 0 aliphatic carbocycles. The van der Waals surface area contributed by atoms with Crippen molar-refractivity contribution in [2.75, 3.05) is 38.2 Å². The number of hydrogen-bond acceptors (Lipinski definition) is 6. The molecular weight excluding hydrogens is 398 g/mol. The first-order valence-electron chi connectivity index (χ1n) is 9.98. The van der Waals surface area contributed by atoms with Crippen LogP contribution in [0, 0.1) is 6.92 Å². The molecule has 0 saturated carbocycles. The fourth-order valence-corrected chi connectivity index (χ4v) is 4.25. The van der Waals surface area contributed by atoms with Gasteiger partial charge in [-0.05, 0) is 24.6 Å². The molecule has 3 aromatic rings. The van der Waals surface area contributed by atoms with Crippen molar-refractivity contribution in [1.82, 2.24) is 20.2 Å². The maximum Gasteiger partial charge on any atom is 0.321 e. The first kappa shape index (κ1) is 20.5. The molecule has 3 heterocycles. The monoisotopic (exact) mass is 423 g/mol. The summed E-state index contributed by atoms with van der Waals surface area (Å²) in [5.41, 5.74) is 4.13. The molecule has 7 nitrogen and oxygen atoms in total. The van der Waals surface area contributed by atoms with Gasteiger partial charge in [-0.2, -0.15) is 0 Å². The average molecular weight is 424 g/mol. The summed E-state index contributed by atoms with van der Waals surface area (Å²) < 4.78 is 5.50. The summed E-state index contributed by atoms with van der Waals surface area (Å²) >= 11 is 1.40. The Morgan fingerprint density at radius 3 is 2.90 bits per heavy atom. The predicted molar refractivity (Wildman–Crippen MR) is 119 cm³/mol. The lowest BCUT2D eigenvalue weighted by molar-refractivity contribution is 0.0168. The molecule has 0 bridgehead atoms. The predicted octanol–water partition coefficient (Wildman–Crippen LogP) is 3.71. The third-order valence-electron chi connectivity index (χ3n) is 5.05. The number of carbonyl (C=O) groups excluding carboxylic acids is 1. The van der Waals surface area contributed by atoms with Crippen LogP contribution in [0.3, 0.4) is 0 Å². The number of morpholine rings is 1. The topological polar surface area (TPSA) is 79.4 Å². The van der Waals surface area contributed by atoms with Crippen LogP contribution in [0.1, 0.15) is 17.2 Å². The molecule has 0 spiro atoms.